The Morgan fingerprint density at radius 2 is 1.95 bits per heavy atom. The summed E-state index contributed by atoms with van der Waals surface area (Å²) in [6.45, 7) is 4.08. The second-order valence-corrected chi connectivity index (χ2v) is 5.02. The molecule has 0 atom stereocenters. The molecule has 19 heavy (non-hydrogen) atoms. The third-order valence-electron chi connectivity index (χ3n) is 3.32. The fraction of sp³-hybridized carbons (Fsp3) is 0.133. The third kappa shape index (κ3) is 1.96. The molecule has 3 rings (SSSR count). The van der Waals surface area contributed by atoms with Crippen LogP contribution in [0.2, 0.25) is 5.02 Å². The summed E-state index contributed by atoms with van der Waals surface area (Å²) in [6.07, 6.45) is 0. The van der Waals surface area contributed by atoms with Gasteiger partial charge < -0.3 is 10.2 Å². The smallest absolute Gasteiger partial charge is 0.227 e. The molecule has 0 amide bonds. The topological polar surface area (TPSA) is 52.0 Å². The summed E-state index contributed by atoms with van der Waals surface area (Å²) in [6, 6.07) is 9.38. The van der Waals surface area contributed by atoms with Crippen molar-refractivity contribution in [3.63, 3.8) is 0 Å². The molecule has 1 heterocycles. The van der Waals surface area contributed by atoms with E-state index in [1.54, 1.807) is 12.1 Å². The maximum Gasteiger partial charge on any atom is 0.227 e. The molecule has 0 aliphatic carbocycles. The van der Waals surface area contributed by atoms with Crippen molar-refractivity contribution in [2.24, 2.45) is 0 Å². The Balaban J connectivity index is 2.20. The average molecular weight is 273 g/mol. The Hall–Kier alpha value is -2.00. The standard InChI is InChI=1S/C15H13ClN2O/c1-8-3-6-13-14(9(8)2)19-15(18-13)10-4-5-11(16)12(17)7-10/h3-7H,17H2,1-2H3. The van der Waals surface area contributed by atoms with Gasteiger partial charge in [-0.25, -0.2) is 4.98 Å². The van der Waals surface area contributed by atoms with E-state index in [2.05, 4.69) is 11.9 Å². The van der Waals surface area contributed by atoms with E-state index in [0.717, 1.165) is 22.2 Å². The first kappa shape index (κ1) is 12.1. The molecule has 0 bridgehead atoms. The number of oxazole rings is 1. The number of anilines is 1. The van der Waals surface area contributed by atoms with Crippen molar-refractivity contribution in [3.8, 4) is 11.5 Å². The van der Waals surface area contributed by atoms with Gasteiger partial charge in [0.1, 0.15) is 5.52 Å². The van der Waals surface area contributed by atoms with Gasteiger partial charge in [-0.05, 0) is 49.2 Å². The van der Waals surface area contributed by atoms with E-state index in [9.17, 15) is 0 Å². The third-order valence-corrected chi connectivity index (χ3v) is 3.66. The van der Waals surface area contributed by atoms with E-state index in [1.807, 2.05) is 25.1 Å². The molecular weight excluding hydrogens is 260 g/mol. The molecule has 0 aliphatic heterocycles. The second-order valence-electron chi connectivity index (χ2n) is 4.61. The van der Waals surface area contributed by atoms with Crippen LogP contribution in [-0.4, -0.2) is 4.98 Å². The number of benzene rings is 2. The Bertz CT molecular complexity index is 777. The van der Waals surface area contributed by atoms with Gasteiger partial charge in [0.2, 0.25) is 5.89 Å². The molecule has 1 aromatic heterocycles. The van der Waals surface area contributed by atoms with Crippen molar-refractivity contribution in [1.82, 2.24) is 4.98 Å². The maximum atomic E-state index is 5.92. The van der Waals surface area contributed by atoms with E-state index in [0.29, 0.717) is 16.6 Å². The monoisotopic (exact) mass is 272 g/mol. The molecule has 2 N–H and O–H groups in total. The Morgan fingerprint density at radius 1 is 1.16 bits per heavy atom. The number of aryl methyl sites for hydroxylation is 2. The van der Waals surface area contributed by atoms with Crippen LogP contribution in [0.25, 0.3) is 22.6 Å². The van der Waals surface area contributed by atoms with E-state index in [-0.39, 0.29) is 0 Å². The van der Waals surface area contributed by atoms with Gasteiger partial charge in [-0.3, -0.25) is 0 Å². The first-order chi connectivity index (χ1) is 9.06. The van der Waals surface area contributed by atoms with E-state index in [4.69, 9.17) is 21.8 Å². The first-order valence-electron chi connectivity index (χ1n) is 5.98. The zero-order chi connectivity index (χ0) is 13.6. The van der Waals surface area contributed by atoms with Gasteiger partial charge in [0, 0.05) is 5.56 Å². The van der Waals surface area contributed by atoms with Crippen molar-refractivity contribution < 1.29 is 4.42 Å². The Kier molecular flexibility index (Phi) is 2.72. The zero-order valence-corrected chi connectivity index (χ0v) is 11.5. The highest BCUT2D eigenvalue weighted by Crippen LogP contribution is 2.30. The highest BCUT2D eigenvalue weighted by molar-refractivity contribution is 6.33. The van der Waals surface area contributed by atoms with Crippen molar-refractivity contribution >= 4 is 28.4 Å². The van der Waals surface area contributed by atoms with Crippen LogP contribution in [0.3, 0.4) is 0 Å². The number of hydrogen-bond donors (Lipinski definition) is 1. The Labute approximate surface area is 116 Å². The molecule has 0 saturated carbocycles. The lowest BCUT2D eigenvalue weighted by molar-refractivity contribution is 0.617. The molecule has 96 valence electrons. The number of nitrogens with zero attached hydrogens (tertiary/aromatic N) is 1. The van der Waals surface area contributed by atoms with Gasteiger partial charge in [0.05, 0.1) is 10.7 Å². The minimum atomic E-state index is 0.523. The minimum Gasteiger partial charge on any atom is -0.436 e. The molecule has 4 heteroatoms. The van der Waals surface area contributed by atoms with Crippen LogP contribution < -0.4 is 5.73 Å². The summed E-state index contributed by atoms with van der Waals surface area (Å²) in [5.41, 5.74) is 11.1. The normalized spacial score (nSPS) is 11.1. The summed E-state index contributed by atoms with van der Waals surface area (Å²) < 4.78 is 5.85. The molecule has 0 spiro atoms. The fourth-order valence-electron chi connectivity index (χ4n) is 2.02. The quantitative estimate of drug-likeness (QED) is 0.670. The number of nitrogen functional groups attached to an aromatic ring is 1. The molecule has 0 unspecified atom stereocenters. The summed E-state index contributed by atoms with van der Waals surface area (Å²) in [5.74, 6) is 0.562. The summed E-state index contributed by atoms with van der Waals surface area (Å²) in [5, 5.41) is 0.534. The SMILES string of the molecule is Cc1ccc2nc(-c3ccc(Cl)c(N)c3)oc2c1C. The van der Waals surface area contributed by atoms with Crippen LogP contribution in [0, 0.1) is 13.8 Å². The molecule has 0 saturated heterocycles. The summed E-state index contributed by atoms with van der Waals surface area (Å²) >= 11 is 5.92. The number of rotatable bonds is 1. The average Bonchev–Trinajstić information content (AvgIpc) is 2.82. The lowest BCUT2D eigenvalue weighted by Crippen LogP contribution is -1.87. The van der Waals surface area contributed by atoms with Gasteiger partial charge in [-0.1, -0.05) is 17.7 Å². The predicted molar refractivity (Wildman–Crippen MR) is 78.3 cm³/mol. The number of hydrogen-bond acceptors (Lipinski definition) is 3. The molecular formula is C15H13ClN2O. The van der Waals surface area contributed by atoms with Gasteiger partial charge >= 0.3 is 0 Å². The minimum absolute atomic E-state index is 0.523. The van der Waals surface area contributed by atoms with Crippen LogP contribution >= 0.6 is 11.6 Å². The molecule has 0 aliphatic rings. The lowest BCUT2D eigenvalue weighted by Gasteiger charge is -2.00. The fourth-order valence-corrected chi connectivity index (χ4v) is 2.14. The van der Waals surface area contributed by atoms with Gasteiger partial charge in [-0.15, -0.1) is 0 Å². The van der Waals surface area contributed by atoms with Crippen LogP contribution in [0.5, 0.6) is 0 Å². The van der Waals surface area contributed by atoms with Gasteiger partial charge in [0.25, 0.3) is 0 Å². The largest absolute Gasteiger partial charge is 0.436 e. The highest BCUT2D eigenvalue weighted by atomic mass is 35.5. The zero-order valence-electron chi connectivity index (χ0n) is 10.7. The molecule has 3 nitrogen and oxygen atoms in total. The van der Waals surface area contributed by atoms with Crippen LogP contribution in [0.1, 0.15) is 11.1 Å². The molecule has 3 aromatic rings. The maximum absolute atomic E-state index is 5.92. The van der Waals surface area contributed by atoms with E-state index in [1.165, 1.54) is 5.56 Å². The van der Waals surface area contributed by atoms with E-state index >= 15 is 0 Å². The highest BCUT2D eigenvalue weighted by Gasteiger charge is 2.12. The van der Waals surface area contributed by atoms with Crippen LogP contribution in [0.15, 0.2) is 34.7 Å². The molecule has 2 aromatic carbocycles. The first-order valence-corrected chi connectivity index (χ1v) is 6.36. The van der Waals surface area contributed by atoms with Gasteiger partial charge in [-0.2, -0.15) is 0 Å². The molecule has 0 fully saturated rings. The van der Waals surface area contributed by atoms with Crippen molar-refractivity contribution in [1.29, 1.82) is 0 Å². The summed E-state index contributed by atoms with van der Waals surface area (Å²) in [4.78, 5) is 4.49. The van der Waals surface area contributed by atoms with Gasteiger partial charge in [0.15, 0.2) is 5.58 Å². The predicted octanol–water partition coefficient (Wildman–Crippen LogP) is 4.35. The number of nitrogens with two attached hydrogens (primary N) is 1. The Morgan fingerprint density at radius 3 is 2.68 bits per heavy atom. The number of aromatic nitrogens is 1. The molecule has 0 radical (unpaired) electrons. The summed E-state index contributed by atoms with van der Waals surface area (Å²) in [7, 11) is 0. The van der Waals surface area contributed by atoms with Crippen LogP contribution in [0.4, 0.5) is 5.69 Å². The number of fused-ring (bicyclic) bond motifs is 1. The van der Waals surface area contributed by atoms with Crippen molar-refractivity contribution in [3.05, 3.63) is 46.5 Å². The van der Waals surface area contributed by atoms with Crippen molar-refractivity contribution in [2.45, 2.75) is 13.8 Å². The van der Waals surface area contributed by atoms with Crippen molar-refractivity contribution in [2.75, 3.05) is 5.73 Å². The lowest BCUT2D eigenvalue weighted by atomic mass is 10.1. The second kappa shape index (κ2) is 4.28. The van der Waals surface area contributed by atoms with Crippen LogP contribution in [-0.2, 0) is 0 Å². The van der Waals surface area contributed by atoms with E-state index < -0.39 is 0 Å². The number of halogens is 1.